The molecule has 0 radical (unpaired) electrons. The predicted octanol–water partition coefficient (Wildman–Crippen LogP) is 3.20. The molecule has 0 bridgehead atoms. The van der Waals surface area contributed by atoms with E-state index in [1.165, 1.54) is 0 Å². The monoisotopic (exact) mass is 255 g/mol. The Morgan fingerprint density at radius 3 is 2.68 bits per heavy atom. The van der Waals surface area contributed by atoms with E-state index in [1.807, 2.05) is 38.1 Å². The third-order valence-electron chi connectivity index (χ3n) is 3.04. The zero-order chi connectivity index (χ0) is 13.4. The quantitative estimate of drug-likeness (QED) is 0.711. The molecule has 2 N–H and O–H groups in total. The second-order valence-electron chi connectivity index (χ2n) is 4.35. The Morgan fingerprint density at radius 1 is 1.16 bits per heavy atom. The van der Waals surface area contributed by atoms with Crippen molar-refractivity contribution < 1.29 is 8.94 Å². The lowest BCUT2D eigenvalue weighted by Crippen LogP contribution is -1.92. The molecule has 0 unspecified atom stereocenters. The first-order valence-electron chi connectivity index (χ1n) is 5.90. The highest BCUT2D eigenvalue weighted by molar-refractivity contribution is 5.74. The van der Waals surface area contributed by atoms with Gasteiger partial charge in [0.05, 0.1) is 17.4 Å². The van der Waals surface area contributed by atoms with Crippen molar-refractivity contribution in [1.82, 2.24) is 10.1 Å². The molecular formula is C14H13N3O2. The summed E-state index contributed by atoms with van der Waals surface area (Å²) in [6.07, 6.45) is 1.60. The van der Waals surface area contributed by atoms with Gasteiger partial charge in [0.15, 0.2) is 0 Å². The summed E-state index contributed by atoms with van der Waals surface area (Å²) in [4.78, 5) is 4.39. The van der Waals surface area contributed by atoms with Gasteiger partial charge in [0.25, 0.3) is 5.89 Å². The van der Waals surface area contributed by atoms with E-state index in [-0.39, 0.29) is 0 Å². The fourth-order valence-corrected chi connectivity index (χ4v) is 2.03. The van der Waals surface area contributed by atoms with Crippen LogP contribution in [-0.4, -0.2) is 10.1 Å². The van der Waals surface area contributed by atoms with Gasteiger partial charge >= 0.3 is 0 Å². The average molecular weight is 255 g/mol. The average Bonchev–Trinajstić information content (AvgIpc) is 2.98. The van der Waals surface area contributed by atoms with Crippen LogP contribution < -0.4 is 5.73 Å². The summed E-state index contributed by atoms with van der Waals surface area (Å²) in [6, 6.07) is 7.48. The van der Waals surface area contributed by atoms with Crippen molar-refractivity contribution in [2.24, 2.45) is 0 Å². The number of nitrogens with two attached hydrogens (primary N) is 1. The zero-order valence-electron chi connectivity index (χ0n) is 10.7. The Labute approximate surface area is 110 Å². The van der Waals surface area contributed by atoms with Gasteiger partial charge in [-0.3, -0.25) is 0 Å². The van der Waals surface area contributed by atoms with Crippen LogP contribution >= 0.6 is 0 Å². The van der Waals surface area contributed by atoms with E-state index in [0.717, 1.165) is 22.5 Å². The fraction of sp³-hybridized carbons (Fsp3) is 0.143. The van der Waals surface area contributed by atoms with Gasteiger partial charge in [-0.25, -0.2) is 0 Å². The van der Waals surface area contributed by atoms with Crippen LogP contribution in [0.2, 0.25) is 0 Å². The van der Waals surface area contributed by atoms with E-state index in [1.54, 1.807) is 6.26 Å². The molecule has 96 valence electrons. The lowest BCUT2D eigenvalue weighted by molar-refractivity contribution is 0.432. The lowest BCUT2D eigenvalue weighted by atomic mass is 10.1. The summed E-state index contributed by atoms with van der Waals surface area (Å²) in [6.45, 7) is 3.81. The van der Waals surface area contributed by atoms with E-state index in [0.29, 0.717) is 17.4 Å². The molecule has 1 aromatic carbocycles. The van der Waals surface area contributed by atoms with Crippen LogP contribution in [0.4, 0.5) is 5.69 Å². The summed E-state index contributed by atoms with van der Waals surface area (Å²) < 4.78 is 10.5. The first-order chi connectivity index (χ1) is 9.16. The highest BCUT2D eigenvalue weighted by Gasteiger charge is 2.16. The third-order valence-corrected chi connectivity index (χ3v) is 3.04. The topological polar surface area (TPSA) is 78.1 Å². The van der Waals surface area contributed by atoms with Crippen LogP contribution in [0.1, 0.15) is 11.3 Å². The minimum absolute atomic E-state index is 0.422. The normalized spacial score (nSPS) is 10.8. The smallest absolute Gasteiger partial charge is 0.260 e. The highest BCUT2D eigenvalue weighted by atomic mass is 16.5. The predicted molar refractivity (Wildman–Crippen MR) is 71.3 cm³/mol. The summed E-state index contributed by atoms with van der Waals surface area (Å²) in [7, 11) is 0. The number of aromatic nitrogens is 2. The Bertz CT molecular complexity index is 708. The maximum absolute atomic E-state index is 5.96. The fourth-order valence-electron chi connectivity index (χ4n) is 2.03. The Morgan fingerprint density at radius 2 is 2.00 bits per heavy atom. The second kappa shape index (κ2) is 4.28. The SMILES string of the molecule is Cc1cccc(N)c1-c1nc(-c2ccoc2C)no1. The van der Waals surface area contributed by atoms with Gasteiger partial charge in [-0.2, -0.15) is 4.98 Å². The van der Waals surface area contributed by atoms with Gasteiger partial charge in [-0.05, 0) is 31.5 Å². The maximum atomic E-state index is 5.96. The van der Waals surface area contributed by atoms with Crippen molar-refractivity contribution in [3.05, 3.63) is 41.9 Å². The Kier molecular flexibility index (Phi) is 2.59. The van der Waals surface area contributed by atoms with Gasteiger partial charge in [0.2, 0.25) is 5.82 Å². The second-order valence-corrected chi connectivity index (χ2v) is 4.35. The third kappa shape index (κ3) is 1.89. The van der Waals surface area contributed by atoms with Gasteiger partial charge < -0.3 is 14.7 Å². The van der Waals surface area contributed by atoms with Crippen LogP contribution in [0, 0.1) is 13.8 Å². The molecule has 2 aromatic heterocycles. The molecule has 0 atom stereocenters. The number of aryl methyl sites for hydroxylation is 2. The van der Waals surface area contributed by atoms with Gasteiger partial charge in [-0.1, -0.05) is 17.3 Å². The molecule has 5 nitrogen and oxygen atoms in total. The number of hydrogen-bond donors (Lipinski definition) is 1. The van der Waals surface area contributed by atoms with Crippen LogP contribution in [0.25, 0.3) is 22.8 Å². The molecule has 5 heteroatoms. The molecule has 0 saturated heterocycles. The molecule has 2 heterocycles. The number of nitrogens with zero attached hydrogens (tertiary/aromatic N) is 2. The van der Waals surface area contributed by atoms with Crippen LogP contribution in [-0.2, 0) is 0 Å². The summed E-state index contributed by atoms with van der Waals surface area (Å²) in [5, 5.41) is 3.98. The van der Waals surface area contributed by atoms with Crippen molar-refractivity contribution >= 4 is 5.69 Å². The molecule has 0 aliphatic carbocycles. The summed E-state index contributed by atoms with van der Waals surface area (Å²) >= 11 is 0. The Hall–Kier alpha value is -2.56. The number of anilines is 1. The number of nitrogen functional groups attached to an aromatic ring is 1. The van der Waals surface area contributed by atoms with Crippen LogP contribution in [0.3, 0.4) is 0 Å². The van der Waals surface area contributed by atoms with Gasteiger partial charge in [-0.15, -0.1) is 0 Å². The summed E-state index contributed by atoms with van der Waals surface area (Å²) in [5.41, 5.74) is 9.19. The molecule has 19 heavy (non-hydrogen) atoms. The number of benzene rings is 1. The van der Waals surface area contributed by atoms with Crippen LogP contribution in [0.5, 0.6) is 0 Å². The van der Waals surface area contributed by atoms with Gasteiger partial charge in [0, 0.05) is 5.69 Å². The van der Waals surface area contributed by atoms with Crippen molar-refractivity contribution in [3.63, 3.8) is 0 Å². The van der Waals surface area contributed by atoms with Crippen molar-refractivity contribution in [2.75, 3.05) is 5.73 Å². The molecule has 0 fully saturated rings. The van der Waals surface area contributed by atoms with E-state index < -0.39 is 0 Å². The first kappa shape index (κ1) is 11.5. The molecule has 0 aliphatic rings. The van der Waals surface area contributed by atoms with Crippen molar-refractivity contribution in [1.29, 1.82) is 0 Å². The summed E-state index contributed by atoms with van der Waals surface area (Å²) in [5.74, 6) is 1.68. The molecular weight excluding hydrogens is 242 g/mol. The number of hydrogen-bond acceptors (Lipinski definition) is 5. The zero-order valence-corrected chi connectivity index (χ0v) is 10.7. The van der Waals surface area contributed by atoms with E-state index in [2.05, 4.69) is 10.1 Å². The molecule has 0 saturated carbocycles. The molecule has 0 spiro atoms. The van der Waals surface area contributed by atoms with E-state index >= 15 is 0 Å². The minimum Gasteiger partial charge on any atom is -0.469 e. The highest BCUT2D eigenvalue weighted by Crippen LogP contribution is 2.30. The molecule has 0 amide bonds. The minimum atomic E-state index is 0.422. The molecule has 3 rings (SSSR count). The molecule has 0 aliphatic heterocycles. The van der Waals surface area contributed by atoms with E-state index in [9.17, 15) is 0 Å². The van der Waals surface area contributed by atoms with Crippen molar-refractivity contribution in [2.45, 2.75) is 13.8 Å². The molecule has 3 aromatic rings. The standard InChI is InChI=1S/C14H13N3O2/c1-8-4-3-5-11(15)12(8)14-16-13(17-19-14)10-6-7-18-9(10)2/h3-7H,15H2,1-2H3. The lowest BCUT2D eigenvalue weighted by Gasteiger charge is -2.03. The number of rotatable bonds is 2. The van der Waals surface area contributed by atoms with E-state index in [4.69, 9.17) is 14.7 Å². The van der Waals surface area contributed by atoms with Gasteiger partial charge in [0.1, 0.15) is 5.76 Å². The Balaban J connectivity index is 2.10. The number of furan rings is 1. The van der Waals surface area contributed by atoms with Crippen LogP contribution in [0.15, 0.2) is 39.5 Å². The first-order valence-corrected chi connectivity index (χ1v) is 5.90. The maximum Gasteiger partial charge on any atom is 0.260 e. The largest absolute Gasteiger partial charge is 0.469 e. The van der Waals surface area contributed by atoms with Crippen molar-refractivity contribution in [3.8, 4) is 22.8 Å².